The van der Waals surface area contributed by atoms with Gasteiger partial charge in [-0.1, -0.05) is 12.1 Å². The molecule has 3 nitrogen and oxygen atoms in total. The number of ether oxygens (including phenoxy) is 1. The van der Waals surface area contributed by atoms with E-state index in [-0.39, 0.29) is 25.1 Å². The summed E-state index contributed by atoms with van der Waals surface area (Å²) in [4.78, 5) is 0. The molecule has 0 aliphatic heterocycles. The Kier molecular flexibility index (Phi) is 7.13. The number of rotatable bonds is 5. The monoisotopic (exact) mass is 231 g/mol. The summed E-state index contributed by atoms with van der Waals surface area (Å²) < 4.78 is 5.36. The van der Waals surface area contributed by atoms with Crippen LogP contribution in [0.4, 0.5) is 0 Å². The van der Waals surface area contributed by atoms with Crippen LogP contribution < -0.4 is 10.5 Å². The lowest BCUT2D eigenvalue weighted by molar-refractivity contribution is 0.276. The molecule has 0 unspecified atom stereocenters. The van der Waals surface area contributed by atoms with Crippen molar-refractivity contribution < 1.29 is 9.84 Å². The summed E-state index contributed by atoms with van der Waals surface area (Å²) in [7, 11) is 0. The predicted octanol–water partition coefficient (Wildman–Crippen LogP) is 1.89. The third-order valence-electron chi connectivity index (χ3n) is 2.04. The second kappa shape index (κ2) is 7.51. The van der Waals surface area contributed by atoms with E-state index in [9.17, 15) is 0 Å². The minimum atomic E-state index is -0.111. The largest absolute Gasteiger partial charge is 0.494 e. The zero-order valence-electron chi connectivity index (χ0n) is 8.85. The SMILES string of the molecule is CCOc1cccc([C@@H](N)CCO)c1.Cl. The Morgan fingerprint density at radius 1 is 1.47 bits per heavy atom. The zero-order chi connectivity index (χ0) is 10.4. The minimum absolute atomic E-state index is 0. The lowest BCUT2D eigenvalue weighted by Crippen LogP contribution is -2.11. The first-order valence-electron chi connectivity index (χ1n) is 4.87. The van der Waals surface area contributed by atoms with Crippen LogP contribution in [0.3, 0.4) is 0 Å². The van der Waals surface area contributed by atoms with Crippen LogP contribution in [0.15, 0.2) is 24.3 Å². The van der Waals surface area contributed by atoms with Crippen molar-refractivity contribution in [2.24, 2.45) is 5.73 Å². The summed E-state index contributed by atoms with van der Waals surface area (Å²) >= 11 is 0. The van der Waals surface area contributed by atoms with Crippen LogP contribution in [0.5, 0.6) is 5.75 Å². The van der Waals surface area contributed by atoms with E-state index in [1.807, 2.05) is 31.2 Å². The molecule has 0 radical (unpaired) electrons. The topological polar surface area (TPSA) is 55.5 Å². The molecule has 0 saturated heterocycles. The van der Waals surface area contributed by atoms with Crippen LogP contribution in [0.1, 0.15) is 24.9 Å². The molecule has 0 heterocycles. The van der Waals surface area contributed by atoms with Crippen molar-refractivity contribution in [1.29, 1.82) is 0 Å². The molecule has 1 rings (SSSR count). The molecule has 86 valence electrons. The fourth-order valence-electron chi connectivity index (χ4n) is 1.31. The molecule has 0 aliphatic rings. The molecule has 0 aromatic heterocycles. The van der Waals surface area contributed by atoms with Gasteiger partial charge in [0.25, 0.3) is 0 Å². The standard InChI is InChI=1S/C11H17NO2.ClH/c1-2-14-10-5-3-4-9(8-10)11(12)6-7-13;/h3-5,8,11,13H,2,6-7,12H2,1H3;1H/t11-;/m0./s1. The predicted molar refractivity (Wildman–Crippen MR) is 63.5 cm³/mol. The van der Waals surface area contributed by atoms with Crippen LogP contribution >= 0.6 is 12.4 Å². The van der Waals surface area contributed by atoms with Crippen molar-refractivity contribution >= 4 is 12.4 Å². The van der Waals surface area contributed by atoms with E-state index in [4.69, 9.17) is 15.6 Å². The first kappa shape index (κ1) is 14.2. The number of aliphatic hydroxyl groups excluding tert-OH is 1. The summed E-state index contributed by atoms with van der Waals surface area (Å²) in [5, 5.41) is 8.76. The first-order valence-corrected chi connectivity index (χ1v) is 4.87. The smallest absolute Gasteiger partial charge is 0.119 e. The second-order valence-corrected chi connectivity index (χ2v) is 3.12. The Morgan fingerprint density at radius 3 is 2.80 bits per heavy atom. The Hall–Kier alpha value is -0.770. The van der Waals surface area contributed by atoms with E-state index in [1.165, 1.54) is 0 Å². The maximum Gasteiger partial charge on any atom is 0.119 e. The third kappa shape index (κ3) is 4.51. The highest BCUT2D eigenvalue weighted by Crippen LogP contribution is 2.19. The molecular weight excluding hydrogens is 214 g/mol. The molecule has 4 heteroatoms. The Bertz CT molecular complexity index is 281. The fourth-order valence-corrected chi connectivity index (χ4v) is 1.31. The van der Waals surface area contributed by atoms with Gasteiger partial charge in [0.05, 0.1) is 6.61 Å². The van der Waals surface area contributed by atoms with Gasteiger partial charge in [0.15, 0.2) is 0 Å². The third-order valence-corrected chi connectivity index (χ3v) is 2.04. The number of halogens is 1. The molecule has 0 amide bonds. The average molecular weight is 232 g/mol. The van der Waals surface area contributed by atoms with Gasteiger partial charge in [-0.2, -0.15) is 0 Å². The van der Waals surface area contributed by atoms with E-state index < -0.39 is 0 Å². The van der Waals surface area contributed by atoms with Crippen LogP contribution in [-0.2, 0) is 0 Å². The van der Waals surface area contributed by atoms with E-state index in [0.29, 0.717) is 13.0 Å². The average Bonchev–Trinajstić information content (AvgIpc) is 2.19. The van der Waals surface area contributed by atoms with E-state index in [0.717, 1.165) is 11.3 Å². The van der Waals surface area contributed by atoms with Gasteiger partial charge in [-0.25, -0.2) is 0 Å². The molecule has 1 atom stereocenters. The molecule has 0 bridgehead atoms. The van der Waals surface area contributed by atoms with Crippen molar-refractivity contribution in [3.05, 3.63) is 29.8 Å². The molecule has 3 N–H and O–H groups in total. The maximum absolute atomic E-state index is 8.76. The Balaban J connectivity index is 0.00000196. The van der Waals surface area contributed by atoms with Crippen molar-refractivity contribution in [3.63, 3.8) is 0 Å². The lowest BCUT2D eigenvalue weighted by Gasteiger charge is -2.11. The highest BCUT2D eigenvalue weighted by Gasteiger charge is 2.05. The van der Waals surface area contributed by atoms with Crippen molar-refractivity contribution in [2.45, 2.75) is 19.4 Å². The van der Waals surface area contributed by atoms with E-state index >= 15 is 0 Å². The molecule has 1 aromatic rings. The van der Waals surface area contributed by atoms with Crippen LogP contribution in [-0.4, -0.2) is 18.3 Å². The highest BCUT2D eigenvalue weighted by molar-refractivity contribution is 5.85. The Labute approximate surface area is 96.7 Å². The number of nitrogens with two attached hydrogens (primary N) is 1. The quantitative estimate of drug-likeness (QED) is 0.814. The van der Waals surface area contributed by atoms with Crippen LogP contribution in [0.25, 0.3) is 0 Å². The normalized spacial score (nSPS) is 11.7. The highest BCUT2D eigenvalue weighted by atomic mass is 35.5. The van der Waals surface area contributed by atoms with Crippen molar-refractivity contribution in [2.75, 3.05) is 13.2 Å². The first-order chi connectivity index (χ1) is 6.77. The summed E-state index contributed by atoms with van der Waals surface area (Å²) in [5.41, 5.74) is 6.86. The van der Waals surface area contributed by atoms with Gasteiger partial charge in [0, 0.05) is 12.6 Å². The van der Waals surface area contributed by atoms with Gasteiger partial charge in [-0.3, -0.25) is 0 Å². The van der Waals surface area contributed by atoms with E-state index in [2.05, 4.69) is 0 Å². The zero-order valence-corrected chi connectivity index (χ0v) is 9.67. The van der Waals surface area contributed by atoms with Crippen LogP contribution in [0, 0.1) is 0 Å². The molecule has 0 fully saturated rings. The summed E-state index contributed by atoms with van der Waals surface area (Å²) in [6.07, 6.45) is 0.579. The van der Waals surface area contributed by atoms with Crippen molar-refractivity contribution in [1.82, 2.24) is 0 Å². The molecular formula is C11H18ClNO2. The number of hydrogen-bond donors (Lipinski definition) is 2. The van der Waals surface area contributed by atoms with Gasteiger partial charge in [-0.15, -0.1) is 12.4 Å². The number of hydrogen-bond acceptors (Lipinski definition) is 3. The number of benzene rings is 1. The molecule has 0 spiro atoms. The summed E-state index contributed by atoms with van der Waals surface area (Å²) in [5.74, 6) is 0.832. The maximum atomic E-state index is 8.76. The van der Waals surface area contributed by atoms with Gasteiger partial charge in [0.2, 0.25) is 0 Å². The van der Waals surface area contributed by atoms with Gasteiger partial charge in [-0.05, 0) is 31.0 Å². The van der Waals surface area contributed by atoms with Crippen molar-refractivity contribution in [3.8, 4) is 5.75 Å². The van der Waals surface area contributed by atoms with Gasteiger partial charge >= 0.3 is 0 Å². The minimum Gasteiger partial charge on any atom is -0.494 e. The summed E-state index contributed by atoms with van der Waals surface area (Å²) in [6.45, 7) is 2.71. The molecule has 0 aliphatic carbocycles. The molecule has 0 saturated carbocycles. The Morgan fingerprint density at radius 2 is 2.20 bits per heavy atom. The van der Waals surface area contributed by atoms with Crippen LogP contribution in [0.2, 0.25) is 0 Å². The van der Waals surface area contributed by atoms with Gasteiger partial charge < -0.3 is 15.6 Å². The molecule has 15 heavy (non-hydrogen) atoms. The van der Waals surface area contributed by atoms with Gasteiger partial charge in [0.1, 0.15) is 5.75 Å². The van der Waals surface area contributed by atoms with E-state index in [1.54, 1.807) is 0 Å². The summed E-state index contributed by atoms with van der Waals surface area (Å²) in [6, 6.07) is 7.57. The lowest BCUT2D eigenvalue weighted by atomic mass is 10.1. The second-order valence-electron chi connectivity index (χ2n) is 3.12. The fraction of sp³-hybridized carbons (Fsp3) is 0.455. The number of aliphatic hydroxyl groups is 1. The molecule has 1 aromatic carbocycles.